The van der Waals surface area contributed by atoms with Gasteiger partial charge in [-0.2, -0.15) is 0 Å². The van der Waals surface area contributed by atoms with E-state index in [1.165, 1.54) is 19.2 Å². The highest BCUT2D eigenvalue weighted by atomic mass is 35.5. The lowest BCUT2D eigenvalue weighted by Gasteiger charge is -2.07. The van der Waals surface area contributed by atoms with Crippen molar-refractivity contribution in [3.8, 4) is 5.75 Å². The molecule has 0 heterocycles. The predicted octanol–water partition coefficient (Wildman–Crippen LogP) is 1.86. The van der Waals surface area contributed by atoms with Crippen LogP contribution in [-0.4, -0.2) is 24.5 Å². The number of aromatic carboxylic acids is 1. The summed E-state index contributed by atoms with van der Waals surface area (Å²) in [5.74, 6) is -1.15. The van der Waals surface area contributed by atoms with Crippen molar-refractivity contribution in [3.63, 3.8) is 0 Å². The topological polar surface area (TPSA) is 63.6 Å². The quantitative estimate of drug-likeness (QED) is 0.780. The summed E-state index contributed by atoms with van der Waals surface area (Å²) < 4.78 is 4.81. The molecular weight excluding hydrogens is 208 g/mol. The van der Waals surface area contributed by atoms with E-state index in [4.69, 9.17) is 21.4 Å². The molecule has 14 heavy (non-hydrogen) atoms. The normalized spacial score (nSPS) is 9.57. The fourth-order valence-corrected chi connectivity index (χ4v) is 1.30. The summed E-state index contributed by atoms with van der Waals surface area (Å²) in [7, 11) is 1.31. The summed E-state index contributed by atoms with van der Waals surface area (Å²) in [6.45, 7) is 0. The molecule has 0 spiro atoms. The summed E-state index contributed by atoms with van der Waals surface area (Å²) in [5, 5.41) is 9.08. The van der Waals surface area contributed by atoms with Crippen LogP contribution in [-0.2, 0) is 0 Å². The third-order valence-corrected chi connectivity index (χ3v) is 1.88. The largest absolute Gasteiger partial charge is 0.496 e. The molecule has 5 heteroatoms. The Kier molecular flexibility index (Phi) is 3.09. The van der Waals surface area contributed by atoms with Crippen LogP contribution in [0.4, 0.5) is 0 Å². The van der Waals surface area contributed by atoms with Gasteiger partial charge in [-0.05, 0) is 12.1 Å². The zero-order chi connectivity index (χ0) is 10.7. The molecule has 0 aliphatic heterocycles. The first-order valence-corrected chi connectivity index (χ1v) is 4.04. The van der Waals surface area contributed by atoms with Crippen molar-refractivity contribution in [2.24, 2.45) is 0 Å². The summed E-state index contributed by atoms with van der Waals surface area (Å²) in [6.07, 6.45) is 0.428. The predicted molar refractivity (Wildman–Crippen MR) is 50.4 cm³/mol. The maximum atomic E-state index is 10.8. The zero-order valence-electron chi connectivity index (χ0n) is 7.28. The molecule has 0 fully saturated rings. The molecule has 0 radical (unpaired) electrons. The van der Waals surface area contributed by atoms with E-state index in [9.17, 15) is 9.59 Å². The minimum Gasteiger partial charge on any atom is -0.496 e. The monoisotopic (exact) mass is 214 g/mol. The van der Waals surface area contributed by atoms with Crippen molar-refractivity contribution in [2.45, 2.75) is 0 Å². The molecule has 0 unspecified atom stereocenters. The van der Waals surface area contributed by atoms with Crippen LogP contribution in [0.25, 0.3) is 0 Å². The van der Waals surface area contributed by atoms with E-state index in [0.29, 0.717) is 6.29 Å². The number of benzene rings is 1. The van der Waals surface area contributed by atoms with E-state index in [1.54, 1.807) is 0 Å². The summed E-state index contributed by atoms with van der Waals surface area (Å²) in [4.78, 5) is 21.4. The van der Waals surface area contributed by atoms with Gasteiger partial charge in [-0.15, -0.1) is 0 Å². The average Bonchev–Trinajstić information content (AvgIpc) is 2.15. The molecule has 0 atom stereocenters. The molecule has 0 aromatic heterocycles. The SMILES string of the molecule is COc1cc(Cl)cc(C=O)c1C(=O)O. The maximum absolute atomic E-state index is 10.8. The van der Waals surface area contributed by atoms with Gasteiger partial charge in [0.05, 0.1) is 7.11 Å². The molecule has 0 bridgehead atoms. The number of halogens is 1. The van der Waals surface area contributed by atoms with Crippen LogP contribution in [0, 0.1) is 0 Å². The van der Waals surface area contributed by atoms with Crippen LogP contribution in [0.1, 0.15) is 20.7 Å². The highest BCUT2D eigenvalue weighted by molar-refractivity contribution is 6.31. The number of carbonyl (C=O) groups excluding carboxylic acids is 1. The zero-order valence-corrected chi connectivity index (χ0v) is 8.04. The van der Waals surface area contributed by atoms with E-state index < -0.39 is 5.97 Å². The van der Waals surface area contributed by atoms with Crippen LogP contribution < -0.4 is 4.74 Å². The van der Waals surface area contributed by atoms with E-state index in [2.05, 4.69) is 0 Å². The standard InChI is InChI=1S/C9H7ClO4/c1-14-7-3-6(10)2-5(4-11)8(7)9(12)13/h2-4H,1H3,(H,12,13). The van der Waals surface area contributed by atoms with Crippen LogP contribution in [0.5, 0.6) is 5.75 Å². The van der Waals surface area contributed by atoms with Crippen LogP contribution in [0.3, 0.4) is 0 Å². The number of hydrogen-bond acceptors (Lipinski definition) is 3. The Morgan fingerprint density at radius 3 is 2.64 bits per heavy atom. The third-order valence-electron chi connectivity index (χ3n) is 1.66. The third kappa shape index (κ3) is 1.85. The minimum atomic E-state index is -1.22. The Labute approximate surface area is 85.1 Å². The van der Waals surface area contributed by atoms with Gasteiger partial charge in [0.25, 0.3) is 0 Å². The number of ether oxygens (including phenoxy) is 1. The average molecular weight is 215 g/mol. The second-order valence-electron chi connectivity index (χ2n) is 2.50. The summed E-state index contributed by atoms with van der Waals surface area (Å²) >= 11 is 5.65. The van der Waals surface area contributed by atoms with Gasteiger partial charge in [0.2, 0.25) is 0 Å². The Bertz CT molecular complexity index is 387. The molecule has 4 nitrogen and oxygen atoms in total. The fraction of sp³-hybridized carbons (Fsp3) is 0.111. The first-order valence-electron chi connectivity index (χ1n) is 3.66. The van der Waals surface area contributed by atoms with Crippen molar-refractivity contribution in [2.75, 3.05) is 7.11 Å². The minimum absolute atomic E-state index is 0.00171. The highest BCUT2D eigenvalue weighted by Crippen LogP contribution is 2.26. The first kappa shape index (κ1) is 10.5. The van der Waals surface area contributed by atoms with Gasteiger partial charge >= 0.3 is 5.97 Å². The van der Waals surface area contributed by atoms with Crippen molar-refractivity contribution in [3.05, 3.63) is 28.3 Å². The van der Waals surface area contributed by atoms with E-state index in [1.807, 2.05) is 0 Å². The maximum Gasteiger partial charge on any atom is 0.340 e. The Morgan fingerprint density at radius 2 is 2.21 bits per heavy atom. The summed E-state index contributed by atoms with van der Waals surface area (Å²) in [6, 6.07) is 2.62. The number of hydrogen-bond donors (Lipinski definition) is 1. The number of aldehydes is 1. The Hall–Kier alpha value is -1.55. The van der Waals surface area contributed by atoms with Crippen molar-refractivity contribution >= 4 is 23.9 Å². The van der Waals surface area contributed by atoms with Crippen LogP contribution >= 0.6 is 11.6 Å². The van der Waals surface area contributed by atoms with Gasteiger partial charge in [-0.25, -0.2) is 4.79 Å². The molecule has 0 aliphatic carbocycles. The van der Waals surface area contributed by atoms with Crippen molar-refractivity contribution in [1.82, 2.24) is 0 Å². The van der Waals surface area contributed by atoms with Gasteiger partial charge in [0.15, 0.2) is 6.29 Å². The van der Waals surface area contributed by atoms with Gasteiger partial charge < -0.3 is 9.84 Å². The fourth-order valence-electron chi connectivity index (χ4n) is 1.08. The molecule has 0 saturated carbocycles. The van der Waals surface area contributed by atoms with Crippen molar-refractivity contribution in [1.29, 1.82) is 0 Å². The number of carboxylic acid groups (broad SMARTS) is 1. The molecule has 1 N–H and O–H groups in total. The molecular formula is C9H7ClO4. The van der Waals surface area contributed by atoms with Crippen molar-refractivity contribution < 1.29 is 19.4 Å². The van der Waals surface area contributed by atoms with E-state index in [-0.39, 0.29) is 21.9 Å². The molecule has 0 saturated heterocycles. The lowest BCUT2D eigenvalue weighted by molar-refractivity contribution is 0.0690. The number of rotatable bonds is 3. The second kappa shape index (κ2) is 4.11. The molecule has 1 aromatic carbocycles. The Morgan fingerprint density at radius 1 is 1.57 bits per heavy atom. The summed E-state index contributed by atoms with van der Waals surface area (Å²) in [5.41, 5.74) is -0.172. The number of carbonyl (C=O) groups is 2. The number of carboxylic acids is 1. The van der Waals surface area contributed by atoms with Crippen LogP contribution in [0.2, 0.25) is 5.02 Å². The van der Waals surface area contributed by atoms with Gasteiger partial charge in [0, 0.05) is 10.6 Å². The number of methoxy groups -OCH3 is 1. The molecule has 0 aliphatic rings. The molecule has 0 amide bonds. The van der Waals surface area contributed by atoms with Gasteiger partial charge in [0.1, 0.15) is 11.3 Å². The molecule has 74 valence electrons. The smallest absolute Gasteiger partial charge is 0.340 e. The lowest BCUT2D eigenvalue weighted by atomic mass is 10.1. The molecule has 1 rings (SSSR count). The Balaban J connectivity index is 3.48. The van der Waals surface area contributed by atoms with E-state index >= 15 is 0 Å². The molecule has 1 aromatic rings. The second-order valence-corrected chi connectivity index (χ2v) is 2.93. The van der Waals surface area contributed by atoms with Crippen LogP contribution in [0.15, 0.2) is 12.1 Å². The van der Waals surface area contributed by atoms with E-state index in [0.717, 1.165) is 0 Å². The van der Waals surface area contributed by atoms with Gasteiger partial charge in [-0.3, -0.25) is 4.79 Å². The highest BCUT2D eigenvalue weighted by Gasteiger charge is 2.17. The van der Waals surface area contributed by atoms with Gasteiger partial charge in [-0.1, -0.05) is 11.6 Å². The lowest BCUT2D eigenvalue weighted by Crippen LogP contribution is -2.05. The first-order chi connectivity index (χ1) is 6.60.